The van der Waals surface area contributed by atoms with Gasteiger partial charge in [0.1, 0.15) is 13.2 Å². The Morgan fingerprint density at radius 1 is 0.852 bits per heavy atom. The first kappa shape index (κ1) is 18.9. The Morgan fingerprint density at radius 3 is 2.26 bits per heavy atom. The van der Waals surface area contributed by atoms with Crippen LogP contribution in [0.2, 0.25) is 5.02 Å². The average Bonchev–Trinajstić information content (AvgIpc) is 2.70. The predicted molar refractivity (Wildman–Crippen MR) is 97.7 cm³/mol. The lowest BCUT2D eigenvalue weighted by Crippen LogP contribution is -2.16. The molecule has 1 aliphatic rings. The van der Waals surface area contributed by atoms with E-state index in [1.165, 1.54) is 0 Å². The maximum Gasteiger partial charge on any atom is 0.306 e. The van der Waals surface area contributed by atoms with Gasteiger partial charge in [-0.2, -0.15) is 0 Å². The molecule has 0 N–H and O–H groups in total. The van der Waals surface area contributed by atoms with Crippen LogP contribution < -0.4 is 9.47 Å². The van der Waals surface area contributed by atoms with Crippen LogP contribution in [0.3, 0.4) is 0 Å². The van der Waals surface area contributed by atoms with Crippen molar-refractivity contribution in [3.05, 3.63) is 58.6 Å². The molecule has 0 saturated carbocycles. The van der Waals surface area contributed by atoms with Gasteiger partial charge >= 0.3 is 5.97 Å². The predicted octanol–water partition coefficient (Wildman–Crippen LogP) is 3.50. The number of Topliss-reactive ketones (excluding diaryl/α,β-unsaturated/α-hetero) is 2. The molecule has 7 heteroatoms. The third-order valence-corrected chi connectivity index (χ3v) is 4.20. The molecule has 0 spiro atoms. The van der Waals surface area contributed by atoms with Crippen molar-refractivity contribution >= 4 is 29.1 Å². The molecule has 2 aromatic carbocycles. The molecule has 0 atom stereocenters. The van der Waals surface area contributed by atoms with Crippen LogP contribution in [0.25, 0.3) is 0 Å². The molecular formula is C20H17ClO6. The molecule has 0 unspecified atom stereocenters. The zero-order valence-electron chi connectivity index (χ0n) is 14.4. The van der Waals surface area contributed by atoms with Gasteiger partial charge < -0.3 is 14.2 Å². The van der Waals surface area contributed by atoms with Crippen molar-refractivity contribution in [1.29, 1.82) is 0 Å². The van der Waals surface area contributed by atoms with Gasteiger partial charge in [-0.15, -0.1) is 0 Å². The van der Waals surface area contributed by atoms with Crippen molar-refractivity contribution in [3.63, 3.8) is 0 Å². The summed E-state index contributed by atoms with van der Waals surface area (Å²) in [5.74, 6) is -0.0458. The van der Waals surface area contributed by atoms with Gasteiger partial charge in [0.05, 0.1) is 6.42 Å². The lowest BCUT2D eigenvalue weighted by molar-refractivity contribution is -0.142. The molecule has 0 bridgehead atoms. The van der Waals surface area contributed by atoms with E-state index in [4.69, 9.17) is 25.8 Å². The minimum absolute atomic E-state index is 0.0202. The molecule has 0 radical (unpaired) electrons. The van der Waals surface area contributed by atoms with Crippen molar-refractivity contribution in [2.24, 2.45) is 0 Å². The van der Waals surface area contributed by atoms with E-state index in [0.29, 0.717) is 40.9 Å². The molecule has 0 aromatic heterocycles. The summed E-state index contributed by atoms with van der Waals surface area (Å²) in [6.07, 6.45) is -0.130. The number of benzene rings is 2. The smallest absolute Gasteiger partial charge is 0.306 e. The van der Waals surface area contributed by atoms with E-state index < -0.39 is 5.97 Å². The molecule has 3 rings (SSSR count). The number of ether oxygens (including phenoxy) is 3. The van der Waals surface area contributed by atoms with Crippen molar-refractivity contribution in [2.75, 3.05) is 19.8 Å². The topological polar surface area (TPSA) is 78.9 Å². The number of esters is 1. The number of fused-ring (bicyclic) bond motifs is 1. The number of hydrogen-bond donors (Lipinski definition) is 0. The van der Waals surface area contributed by atoms with Crippen LogP contribution in [-0.4, -0.2) is 37.4 Å². The molecule has 140 valence electrons. The van der Waals surface area contributed by atoms with Crippen LogP contribution in [-0.2, 0) is 9.53 Å². The highest BCUT2D eigenvalue weighted by atomic mass is 35.5. The van der Waals surface area contributed by atoms with Gasteiger partial charge in [-0.3, -0.25) is 14.4 Å². The fourth-order valence-electron chi connectivity index (χ4n) is 2.51. The number of halogens is 1. The number of ketones is 2. The Labute approximate surface area is 161 Å². The normalized spacial score (nSPS) is 12.3. The van der Waals surface area contributed by atoms with Crippen molar-refractivity contribution in [1.82, 2.24) is 0 Å². The van der Waals surface area contributed by atoms with Crippen LogP contribution in [0.5, 0.6) is 11.5 Å². The second-order valence-corrected chi connectivity index (χ2v) is 6.31. The third-order valence-electron chi connectivity index (χ3n) is 3.95. The average molecular weight is 389 g/mol. The summed E-state index contributed by atoms with van der Waals surface area (Å²) < 4.78 is 15.8. The van der Waals surface area contributed by atoms with E-state index in [0.717, 1.165) is 0 Å². The van der Waals surface area contributed by atoms with Crippen LogP contribution in [0.1, 0.15) is 33.6 Å². The Bertz CT molecular complexity index is 859. The zero-order chi connectivity index (χ0) is 19.2. The van der Waals surface area contributed by atoms with Gasteiger partial charge in [0.25, 0.3) is 0 Å². The molecular weight excluding hydrogens is 372 g/mol. The van der Waals surface area contributed by atoms with Crippen molar-refractivity contribution < 1.29 is 28.6 Å². The SMILES string of the molecule is O=C(CCC(=O)c1ccc2c(c1)OCCO2)OCC(=O)c1ccc(Cl)cc1. The fourth-order valence-corrected chi connectivity index (χ4v) is 2.64. The summed E-state index contributed by atoms with van der Waals surface area (Å²) in [6, 6.07) is 11.2. The quantitative estimate of drug-likeness (QED) is 0.533. The molecule has 0 amide bonds. The van der Waals surface area contributed by atoms with E-state index in [-0.39, 0.29) is 31.0 Å². The largest absolute Gasteiger partial charge is 0.486 e. The lowest BCUT2D eigenvalue weighted by Gasteiger charge is -2.18. The number of rotatable bonds is 7. The summed E-state index contributed by atoms with van der Waals surface area (Å²) in [6.45, 7) is 0.526. The van der Waals surface area contributed by atoms with Crippen LogP contribution in [0, 0.1) is 0 Å². The molecule has 1 heterocycles. The maximum absolute atomic E-state index is 12.2. The standard InChI is InChI=1S/C20H17ClO6/c21-15-4-1-13(2-5-15)17(23)12-27-20(24)8-6-16(22)14-3-7-18-19(11-14)26-10-9-25-18/h1-5,7,11H,6,8-10,12H2. The second kappa shape index (κ2) is 8.68. The van der Waals surface area contributed by atoms with Crippen LogP contribution in [0.4, 0.5) is 0 Å². The summed E-state index contributed by atoms with van der Waals surface area (Å²) in [7, 11) is 0. The highest BCUT2D eigenvalue weighted by Gasteiger charge is 2.17. The van der Waals surface area contributed by atoms with Crippen molar-refractivity contribution in [2.45, 2.75) is 12.8 Å². The fraction of sp³-hybridized carbons (Fsp3) is 0.250. The van der Waals surface area contributed by atoms with E-state index in [2.05, 4.69) is 0 Å². The first-order valence-electron chi connectivity index (χ1n) is 8.40. The first-order valence-corrected chi connectivity index (χ1v) is 8.78. The van der Waals surface area contributed by atoms with E-state index in [1.807, 2.05) is 0 Å². The minimum Gasteiger partial charge on any atom is -0.486 e. The van der Waals surface area contributed by atoms with Gasteiger partial charge in [0, 0.05) is 22.6 Å². The Hall–Kier alpha value is -2.86. The monoisotopic (exact) mass is 388 g/mol. The molecule has 1 aliphatic heterocycles. The highest BCUT2D eigenvalue weighted by molar-refractivity contribution is 6.30. The number of carbonyl (C=O) groups is 3. The lowest BCUT2D eigenvalue weighted by atomic mass is 10.1. The Morgan fingerprint density at radius 2 is 1.52 bits per heavy atom. The molecule has 27 heavy (non-hydrogen) atoms. The van der Waals surface area contributed by atoms with E-state index in [9.17, 15) is 14.4 Å². The van der Waals surface area contributed by atoms with Crippen LogP contribution >= 0.6 is 11.6 Å². The third kappa shape index (κ3) is 5.08. The molecule has 2 aromatic rings. The summed E-state index contributed by atoms with van der Waals surface area (Å²) in [5, 5.41) is 0.515. The van der Waals surface area contributed by atoms with Gasteiger partial charge in [0.15, 0.2) is 29.7 Å². The maximum atomic E-state index is 12.2. The molecule has 0 aliphatic carbocycles. The van der Waals surface area contributed by atoms with Gasteiger partial charge in [-0.1, -0.05) is 11.6 Å². The Balaban J connectivity index is 1.46. The van der Waals surface area contributed by atoms with Crippen LogP contribution in [0.15, 0.2) is 42.5 Å². The molecule has 0 saturated heterocycles. The number of hydrogen-bond acceptors (Lipinski definition) is 6. The first-order chi connectivity index (χ1) is 13.0. The molecule has 6 nitrogen and oxygen atoms in total. The summed E-state index contributed by atoms with van der Waals surface area (Å²) in [4.78, 5) is 36.0. The van der Waals surface area contributed by atoms with Gasteiger partial charge in [-0.25, -0.2) is 0 Å². The highest BCUT2D eigenvalue weighted by Crippen LogP contribution is 2.31. The molecule has 0 fully saturated rings. The summed E-state index contributed by atoms with van der Waals surface area (Å²) >= 11 is 5.76. The van der Waals surface area contributed by atoms with Gasteiger partial charge in [-0.05, 0) is 42.5 Å². The summed E-state index contributed by atoms with van der Waals surface area (Å²) in [5.41, 5.74) is 0.837. The van der Waals surface area contributed by atoms with E-state index in [1.54, 1.807) is 42.5 Å². The second-order valence-electron chi connectivity index (χ2n) is 5.87. The van der Waals surface area contributed by atoms with Gasteiger partial charge in [0.2, 0.25) is 0 Å². The van der Waals surface area contributed by atoms with Crippen molar-refractivity contribution in [3.8, 4) is 11.5 Å². The minimum atomic E-state index is -0.608. The zero-order valence-corrected chi connectivity index (χ0v) is 15.2. The number of carbonyl (C=O) groups excluding carboxylic acids is 3. The van der Waals surface area contributed by atoms with E-state index >= 15 is 0 Å². The Kier molecular flexibility index (Phi) is 6.08.